The van der Waals surface area contributed by atoms with Crippen LogP contribution in [0.3, 0.4) is 0 Å². The molecule has 4 rings (SSSR count). The summed E-state index contributed by atoms with van der Waals surface area (Å²) in [7, 11) is -3.51. The lowest BCUT2D eigenvalue weighted by Crippen LogP contribution is -2.29. The molecule has 0 bridgehead atoms. The summed E-state index contributed by atoms with van der Waals surface area (Å²) in [5.74, 6) is -0.329. The van der Waals surface area contributed by atoms with E-state index in [9.17, 15) is 13.2 Å². The number of hydrogen-bond acceptors (Lipinski definition) is 6. The van der Waals surface area contributed by atoms with E-state index in [0.717, 1.165) is 22.3 Å². The zero-order chi connectivity index (χ0) is 25.2. The van der Waals surface area contributed by atoms with Crippen LogP contribution in [0.25, 0.3) is 10.6 Å². The Hall–Kier alpha value is -3.27. The predicted molar refractivity (Wildman–Crippen MR) is 142 cm³/mol. The Balaban J connectivity index is 1.47. The molecule has 0 radical (unpaired) electrons. The quantitative estimate of drug-likeness (QED) is 0.334. The van der Waals surface area contributed by atoms with E-state index < -0.39 is 10.0 Å². The van der Waals surface area contributed by atoms with Crippen LogP contribution in [0.5, 0.6) is 0 Å². The van der Waals surface area contributed by atoms with Crippen LogP contribution in [-0.4, -0.2) is 30.8 Å². The fraction of sp³-hybridized carbons (Fsp3) is 0.160. The minimum absolute atomic E-state index is 0.157. The average molecular weight is 527 g/mol. The molecule has 1 aromatic heterocycles. The SMILES string of the molecule is Cc1cc(C)cc(N(Cc2ccc(C(=O)Nc3nnc(-c4ccc(Cl)cc4)s3)cc2)S(C)(=O)=O)c1. The standard InChI is InChI=1S/C25H23ClN4O3S2/c1-16-12-17(2)14-22(13-16)30(35(3,32)33)15-18-4-6-19(7-5-18)23(31)27-25-29-28-24(34-25)20-8-10-21(26)11-9-20/h4-14H,15H2,1-3H3,(H,27,29,31). The third-order valence-corrected chi connectivity index (χ3v) is 7.45. The van der Waals surface area contributed by atoms with Gasteiger partial charge in [-0.25, -0.2) is 8.42 Å². The first-order valence-electron chi connectivity index (χ1n) is 10.6. The van der Waals surface area contributed by atoms with Crippen LogP contribution in [-0.2, 0) is 16.6 Å². The van der Waals surface area contributed by atoms with Gasteiger partial charge >= 0.3 is 0 Å². The molecule has 0 aliphatic heterocycles. The summed E-state index contributed by atoms with van der Waals surface area (Å²) in [6, 6.07) is 19.7. The molecule has 0 fully saturated rings. The molecular weight excluding hydrogens is 504 g/mol. The summed E-state index contributed by atoms with van der Waals surface area (Å²) in [6.07, 6.45) is 1.19. The van der Waals surface area contributed by atoms with Gasteiger partial charge in [-0.15, -0.1) is 10.2 Å². The second-order valence-electron chi connectivity index (χ2n) is 8.19. The molecule has 0 unspecified atom stereocenters. The fourth-order valence-corrected chi connectivity index (χ4v) is 5.32. The highest BCUT2D eigenvalue weighted by Crippen LogP contribution is 2.28. The second-order valence-corrected chi connectivity index (χ2v) is 11.5. The van der Waals surface area contributed by atoms with Gasteiger partial charge in [0.2, 0.25) is 15.2 Å². The van der Waals surface area contributed by atoms with Gasteiger partial charge in [0.1, 0.15) is 5.01 Å². The molecule has 1 N–H and O–H groups in total. The van der Waals surface area contributed by atoms with Gasteiger partial charge < -0.3 is 0 Å². The molecule has 3 aromatic carbocycles. The molecule has 7 nitrogen and oxygen atoms in total. The van der Waals surface area contributed by atoms with E-state index in [0.29, 0.717) is 26.4 Å². The van der Waals surface area contributed by atoms with Crippen molar-refractivity contribution in [3.63, 3.8) is 0 Å². The van der Waals surface area contributed by atoms with Crippen molar-refractivity contribution in [2.75, 3.05) is 15.9 Å². The maximum Gasteiger partial charge on any atom is 0.257 e. The molecule has 180 valence electrons. The van der Waals surface area contributed by atoms with E-state index in [1.54, 1.807) is 36.4 Å². The first kappa shape index (κ1) is 24.8. The number of anilines is 2. The first-order chi connectivity index (χ1) is 16.6. The number of carbonyl (C=O) groups is 1. The molecular formula is C25H23ClN4O3S2. The van der Waals surface area contributed by atoms with E-state index in [4.69, 9.17) is 11.6 Å². The number of benzene rings is 3. The van der Waals surface area contributed by atoms with E-state index in [1.807, 2.05) is 44.2 Å². The molecule has 4 aromatic rings. The lowest BCUT2D eigenvalue weighted by molar-refractivity contribution is 0.102. The lowest BCUT2D eigenvalue weighted by atomic mass is 10.1. The molecule has 0 aliphatic rings. The molecule has 1 heterocycles. The molecule has 0 spiro atoms. The van der Waals surface area contributed by atoms with Crippen LogP contribution in [0.15, 0.2) is 66.7 Å². The number of halogens is 1. The van der Waals surface area contributed by atoms with Crippen molar-refractivity contribution in [1.82, 2.24) is 10.2 Å². The Labute approximate surface area is 213 Å². The van der Waals surface area contributed by atoms with Gasteiger partial charge in [0.25, 0.3) is 5.91 Å². The summed E-state index contributed by atoms with van der Waals surface area (Å²) in [4.78, 5) is 12.7. The van der Waals surface area contributed by atoms with Crippen LogP contribution >= 0.6 is 22.9 Å². The molecule has 0 atom stereocenters. The van der Waals surface area contributed by atoms with E-state index in [2.05, 4.69) is 15.5 Å². The minimum atomic E-state index is -3.51. The zero-order valence-corrected chi connectivity index (χ0v) is 21.7. The number of nitrogens with one attached hydrogen (secondary N) is 1. The number of hydrogen-bond donors (Lipinski definition) is 1. The van der Waals surface area contributed by atoms with Gasteiger partial charge in [0, 0.05) is 16.1 Å². The van der Waals surface area contributed by atoms with Crippen molar-refractivity contribution in [2.24, 2.45) is 0 Å². The van der Waals surface area contributed by atoms with Crippen molar-refractivity contribution in [2.45, 2.75) is 20.4 Å². The smallest absolute Gasteiger partial charge is 0.257 e. The number of amides is 1. The maximum atomic E-state index is 12.7. The Morgan fingerprint density at radius 3 is 2.20 bits per heavy atom. The van der Waals surface area contributed by atoms with Crippen molar-refractivity contribution >= 4 is 49.7 Å². The number of aryl methyl sites for hydroxylation is 2. The highest BCUT2D eigenvalue weighted by molar-refractivity contribution is 7.92. The average Bonchev–Trinajstić information content (AvgIpc) is 3.25. The Kier molecular flexibility index (Phi) is 7.20. The molecule has 0 saturated heterocycles. The number of nitrogens with zero attached hydrogens (tertiary/aromatic N) is 3. The maximum absolute atomic E-state index is 12.7. The van der Waals surface area contributed by atoms with Crippen LogP contribution in [0.1, 0.15) is 27.0 Å². The largest absolute Gasteiger partial charge is 0.296 e. The van der Waals surface area contributed by atoms with Crippen molar-refractivity contribution in [3.05, 3.63) is 94.0 Å². The minimum Gasteiger partial charge on any atom is -0.296 e. The second kappa shape index (κ2) is 10.2. The van der Waals surface area contributed by atoms with E-state index in [1.165, 1.54) is 21.9 Å². The summed E-state index contributed by atoms with van der Waals surface area (Å²) in [5, 5.41) is 12.6. The van der Waals surface area contributed by atoms with E-state index >= 15 is 0 Å². The van der Waals surface area contributed by atoms with E-state index in [-0.39, 0.29) is 12.5 Å². The number of sulfonamides is 1. The topological polar surface area (TPSA) is 92.3 Å². The lowest BCUT2D eigenvalue weighted by Gasteiger charge is -2.23. The molecule has 35 heavy (non-hydrogen) atoms. The summed E-state index contributed by atoms with van der Waals surface area (Å²) in [6.45, 7) is 4.02. The normalized spacial score (nSPS) is 11.3. The zero-order valence-electron chi connectivity index (χ0n) is 19.3. The third kappa shape index (κ3) is 6.25. The van der Waals surface area contributed by atoms with Gasteiger partial charge in [0.05, 0.1) is 18.5 Å². The van der Waals surface area contributed by atoms with Crippen molar-refractivity contribution in [3.8, 4) is 10.6 Å². The molecule has 10 heteroatoms. The van der Waals surface area contributed by atoms with Crippen LogP contribution in [0.4, 0.5) is 10.8 Å². The molecule has 0 aliphatic carbocycles. The summed E-state index contributed by atoms with van der Waals surface area (Å²) >= 11 is 7.18. The van der Waals surface area contributed by atoms with Gasteiger partial charge in [-0.1, -0.05) is 53.3 Å². The number of aromatic nitrogens is 2. The Bertz CT molecular complexity index is 1450. The fourth-order valence-electron chi connectivity index (χ4n) is 3.57. The van der Waals surface area contributed by atoms with Gasteiger partial charge in [0.15, 0.2) is 0 Å². The van der Waals surface area contributed by atoms with Crippen molar-refractivity contribution in [1.29, 1.82) is 0 Å². The van der Waals surface area contributed by atoms with Crippen LogP contribution in [0, 0.1) is 13.8 Å². The van der Waals surface area contributed by atoms with Gasteiger partial charge in [-0.05, 0) is 66.9 Å². The predicted octanol–water partition coefficient (Wildman–Crippen LogP) is 5.69. The number of carbonyl (C=O) groups excluding carboxylic acids is 1. The van der Waals surface area contributed by atoms with Gasteiger partial charge in [-0.2, -0.15) is 0 Å². The summed E-state index contributed by atoms with van der Waals surface area (Å²) in [5.41, 5.74) is 4.62. The van der Waals surface area contributed by atoms with Crippen LogP contribution < -0.4 is 9.62 Å². The highest BCUT2D eigenvalue weighted by Gasteiger charge is 2.19. The third-order valence-electron chi connectivity index (χ3n) is 5.17. The van der Waals surface area contributed by atoms with Crippen LogP contribution in [0.2, 0.25) is 5.02 Å². The molecule has 0 saturated carbocycles. The molecule has 1 amide bonds. The highest BCUT2D eigenvalue weighted by atomic mass is 35.5. The van der Waals surface area contributed by atoms with Crippen molar-refractivity contribution < 1.29 is 13.2 Å². The Morgan fingerprint density at radius 1 is 0.971 bits per heavy atom. The first-order valence-corrected chi connectivity index (χ1v) is 13.7. The monoisotopic (exact) mass is 526 g/mol. The van der Waals surface area contributed by atoms with Gasteiger partial charge in [-0.3, -0.25) is 14.4 Å². The summed E-state index contributed by atoms with van der Waals surface area (Å²) < 4.78 is 26.4. The number of rotatable bonds is 7. The Morgan fingerprint density at radius 2 is 1.60 bits per heavy atom.